The lowest BCUT2D eigenvalue weighted by Gasteiger charge is -2.11. The van der Waals surface area contributed by atoms with Gasteiger partial charge in [-0.15, -0.1) is 0 Å². The molecule has 1 aromatic heterocycles. The SMILES string of the molecule is OC(Cc1ccc(C(F)(F)F)cc1)Cc1ncc[nH]1. The molecule has 0 spiro atoms. The highest BCUT2D eigenvalue weighted by Crippen LogP contribution is 2.29. The van der Waals surface area contributed by atoms with E-state index in [0.717, 1.165) is 12.1 Å². The summed E-state index contributed by atoms with van der Waals surface area (Å²) in [6.07, 6.45) is -1.14. The van der Waals surface area contributed by atoms with Gasteiger partial charge in [0.2, 0.25) is 0 Å². The molecule has 2 rings (SSSR count). The first-order valence-electron chi connectivity index (χ1n) is 5.77. The van der Waals surface area contributed by atoms with Gasteiger partial charge in [0.15, 0.2) is 0 Å². The van der Waals surface area contributed by atoms with Gasteiger partial charge in [0.05, 0.1) is 11.7 Å². The highest BCUT2D eigenvalue weighted by atomic mass is 19.4. The van der Waals surface area contributed by atoms with Crippen molar-refractivity contribution in [1.29, 1.82) is 0 Å². The third kappa shape index (κ3) is 3.82. The first-order valence-corrected chi connectivity index (χ1v) is 5.77. The number of rotatable bonds is 4. The number of imidazole rings is 1. The Morgan fingerprint density at radius 3 is 2.37 bits per heavy atom. The zero-order valence-corrected chi connectivity index (χ0v) is 9.98. The smallest absolute Gasteiger partial charge is 0.392 e. The molecule has 1 heterocycles. The molecule has 0 aliphatic carbocycles. The molecule has 2 N–H and O–H groups in total. The van der Waals surface area contributed by atoms with E-state index in [9.17, 15) is 18.3 Å². The molecule has 102 valence electrons. The maximum atomic E-state index is 12.4. The summed E-state index contributed by atoms with van der Waals surface area (Å²) in [7, 11) is 0. The average Bonchev–Trinajstić information content (AvgIpc) is 2.81. The van der Waals surface area contributed by atoms with Crippen LogP contribution in [-0.2, 0) is 19.0 Å². The lowest BCUT2D eigenvalue weighted by Crippen LogP contribution is -2.15. The predicted octanol–water partition coefficient (Wildman–Crippen LogP) is 2.57. The Morgan fingerprint density at radius 2 is 1.84 bits per heavy atom. The van der Waals surface area contributed by atoms with E-state index < -0.39 is 17.8 Å². The van der Waals surface area contributed by atoms with Gasteiger partial charge in [0.1, 0.15) is 5.82 Å². The number of aliphatic hydroxyl groups is 1. The topological polar surface area (TPSA) is 48.9 Å². The highest BCUT2D eigenvalue weighted by Gasteiger charge is 2.29. The molecular formula is C13H13F3N2O. The first kappa shape index (κ1) is 13.6. The van der Waals surface area contributed by atoms with E-state index in [1.165, 1.54) is 12.1 Å². The maximum absolute atomic E-state index is 12.4. The van der Waals surface area contributed by atoms with Crippen LogP contribution in [0.25, 0.3) is 0 Å². The Kier molecular flexibility index (Phi) is 3.90. The molecule has 1 atom stereocenters. The maximum Gasteiger partial charge on any atom is 0.416 e. The number of nitrogens with zero attached hydrogens (tertiary/aromatic N) is 1. The van der Waals surface area contributed by atoms with Gasteiger partial charge in [-0.3, -0.25) is 0 Å². The number of aromatic nitrogens is 2. The van der Waals surface area contributed by atoms with Crippen molar-refractivity contribution in [2.75, 3.05) is 0 Å². The normalized spacial score (nSPS) is 13.5. The molecule has 0 radical (unpaired) electrons. The van der Waals surface area contributed by atoms with Gasteiger partial charge in [-0.05, 0) is 24.1 Å². The van der Waals surface area contributed by atoms with Gasteiger partial charge >= 0.3 is 6.18 Å². The van der Waals surface area contributed by atoms with Crippen molar-refractivity contribution in [1.82, 2.24) is 9.97 Å². The molecule has 1 aromatic carbocycles. The quantitative estimate of drug-likeness (QED) is 0.897. The molecule has 0 fully saturated rings. The Bertz CT molecular complexity index is 506. The number of benzene rings is 1. The van der Waals surface area contributed by atoms with Gasteiger partial charge < -0.3 is 10.1 Å². The van der Waals surface area contributed by atoms with E-state index in [1.807, 2.05) is 0 Å². The Balaban J connectivity index is 1.96. The molecule has 0 aliphatic heterocycles. The first-order chi connectivity index (χ1) is 8.95. The van der Waals surface area contributed by atoms with Crippen LogP contribution in [0.2, 0.25) is 0 Å². The minimum absolute atomic E-state index is 0.291. The molecule has 0 amide bonds. The molecule has 0 bridgehead atoms. The minimum Gasteiger partial charge on any atom is -0.392 e. The van der Waals surface area contributed by atoms with Crippen LogP contribution >= 0.6 is 0 Å². The molecule has 19 heavy (non-hydrogen) atoms. The number of hydrogen-bond acceptors (Lipinski definition) is 2. The standard InChI is InChI=1S/C13H13F3N2O/c14-13(15,16)10-3-1-9(2-4-10)7-11(19)8-12-17-5-6-18-12/h1-6,11,19H,7-8H2,(H,17,18). The van der Waals surface area contributed by atoms with Crippen LogP contribution in [-0.4, -0.2) is 21.2 Å². The number of H-pyrrole nitrogens is 1. The molecule has 0 saturated heterocycles. The second-order valence-electron chi connectivity index (χ2n) is 4.29. The second-order valence-corrected chi connectivity index (χ2v) is 4.29. The largest absolute Gasteiger partial charge is 0.416 e. The van der Waals surface area contributed by atoms with Gasteiger partial charge in [0.25, 0.3) is 0 Å². The third-order valence-electron chi connectivity index (χ3n) is 2.74. The van der Waals surface area contributed by atoms with E-state index in [0.29, 0.717) is 24.2 Å². The fourth-order valence-electron chi connectivity index (χ4n) is 1.81. The van der Waals surface area contributed by atoms with E-state index in [1.54, 1.807) is 12.4 Å². The van der Waals surface area contributed by atoms with Gasteiger partial charge in [-0.25, -0.2) is 4.98 Å². The van der Waals surface area contributed by atoms with Crippen molar-refractivity contribution < 1.29 is 18.3 Å². The van der Waals surface area contributed by atoms with Crippen molar-refractivity contribution >= 4 is 0 Å². The third-order valence-corrected chi connectivity index (χ3v) is 2.74. The number of aliphatic hydroxyl groups excluding tert-OH is 1. The molecule has 3 nitrogen and oxygen atoms in total. The van der Waals surface area contributed by atoms with Crippen LogP contribution in [0.5, 0.6) is 0 Å². The van der Waals surface area contributed by atoms with Crippen LogP contribution in [0, 0.1) is 0 Å². The Labute approximate surface area is 108 Å². The van der Waals surface area contributed by atoms with Crippen molar-refractivity contribution in [3.8, 4) is 0 Å². The summed E-state index contributed by atoms with van der Waals surface area (Å²) in [5.74, 6) is 0.652. The zero-order chi connectivity index (χ0) is 13.9. The molecule has 2 aromatic rings. The lowest BCUT2D eigenvalue weighted by molar-refractivity contribution is -0.137. The number of nitrogens with one attached hydrogen (secondary N) is 1. The zero-order valence-electron chi connectivity index (χ0n) is 9.98. The van der Waals surface area contributed by atoms with Crippen LogP contribution in [0.4, 0.5) is 13.2 Å². The molecule has 0 saturated carbocycles. The van der Waals surface area contributed by atoms with Crippen LogP contribution in [0.1, 0.15) is 17.0 Å². The molecule has 1 unspecified atom stereocenters. The summed E-state index contributed by atoms with van der Waals surface area (Å²) in [5, 5.41) is 9.82. The summed E-state index contributed by atoms with van der Waals surface area (Å²) < 4.78 is 37.1. The average molecular weight is 270 g/mol. The van der Waals surface area contributed by atoms with Crippen LogP contribution in [0.3, 0.4) is 0 Å². The van der Waals surface area contributed by atoms with Gasteiger partial charge in [-0.2, -0.15) is 13.2 Å². The summed E-state index contributed by atoms with van der Waals surface area (Å²) >= 11 is 0. The fourth-order valence-corrected chi connectivity index (χ4v) is 1.81. The van der Waals surface area contributed by atoms with E-state index in [4.69, 9.17) is 0 Å². The molecule has 0 aliphatic rings. The number of halogens is 3. The van der Waals surface area contributed by atoms with E-state index >= 15 is 0 Å². The van der Waals surface area contributed by atoms with Crippen molar-refractivity contribution in [3.05, 3.63) is 53.6 Å². The van der Waals surface area contributed by atoms with Crippen LogP contribution < -0.4 is 0 Å². The minimum atomic E-state index is -4.33. The summed E-state index contributed by atoms with van der Waals surface area (Å²) in [6.45, 7) is 0. The summed E-state index contributed by atoms with van der Waals surface area (Å²) in [6, 6.07) is 4.81. The van der Waals surface area contributed by atoms with E-state index in [-0.39, 0.29) is 0 Å². The summed E-state index contributed by atoms with van der Waals surface area (Å²) in [5.41, 5.74) is -0.0242. The molecular weight excluding hydrogens is 257 g/mol. The molecule has 6 heteroatoms. The van der Waals surface area contributed by atoms with Crippen molar-refractivity contribution in [2.24, 2.45) is 0 Å². The number of alkyl halides is 3. The predicted molar refractivity (Wildman–Crippen MR) is 63.4 cm³/mol. The lowest BCUT2D eigenvalue weighted by atomic mass is 10.0. The summed E-state index contributed by atoms with van der Waals surface area (Å²) in [4.78, 5) is 6.84. The van der Waals surface area contributed by atoms with Gasteiger partial charge in [-0.1, -0.05) is 12.1 Å². The highest BCUT2D eigenvalue weighted by molar-refractivity contribution is 5.25. The second kappa shape index (κ2) is 5.44. The fraction of sp³-hybridized carbons (Fsp3) is 0.308. The Morgan fingerprint density at radius 1 is 1.16 bits per heavy atom. The number of aromatic amines is 1. The number of hydrogen-bond donors (Lipinski definition) is 2. The monoisotopic (exact) mass is 270 g/mol. The van der Waals surface area contributed by atoms with E-state index in [2.05, 4.69) is 9.97 Å². The van der Waals surface area contributed by atoms with Crippen LogP contribution in [0.15, 0.2) is 36.7 Å². The van der Waals surface area contributed by atoms with Crippen molar-refractivity contribution in [3.63, 3.8) is 0 Å². The van der Waals surface area contributed by atoms with Gasteiger partial charge in [0, 0.05) is 18.8 Å². The van der Waals surface area contributed by atoms with Crippen molar-refractivity contribution in [2.45, 2.75) is 25.1 Å². The Hall–Kier alpha value is -1.82.